The van der Waals surface area contributed by atoms with Crippen molar-refractivity contribution in [2.24, 2.45) is 5.41 Å². The molecular weight excluding hydrogens is 226 g/mol. The molecule has 0 aromatic heterocycles. The topological polar surface area (TPSA) is 40.5 Å². The Hall–Kier alpha value is -1.35. The fourth-order valence-corrected chi connectivity index (χ4v) is 2.41. The predicted molar refractivity (Wildman–Crippen MR) is 73.8 cm³/mol. The van der Waals surface area contributed by atoms with Crippen LogP contribution in [0, 0.1) is 19.3 Å². The molecule has 0 bridgehead atoms. The van der Waals surface area contributed by atoms with Gasteiger partial charge < -0.3 is 10.0 Å². The maximum atomic E-state index is 11.5. The first-order chi connectivity index (χ1) is 8.17. The van der Waals surface area contributed by atoms with E-state index in [1.807, 2.05) is 25.1 Å². The van der Waals surface area contributed by atoms with Crippen molar-refractivity contribution in [3.63, 3.8) is 0 Å². The third-order valence-corrected chi connectivity index (χ3v) is 3.60. The molecule has 0 fully saturated rings. The lowest BCUT2D eigenvalue weighted by molar-refractivity contribution is -0.150. The van der Waals surface area contributed by atoms with E-state index in [0.717, 1.165) is 5.56 Å². The van der Waals surface area contributed by atoms with Crippen LogP contribution in [-0.4, -0.2) is 30.1 Å². The minimum Gasteiger partial charge on any atom is -0.481 e. The summed E-state index contributed by atoms with van der Waals surface area (Å²) in [6.45, 7) is 7.66. The number of hydrogen-bond acceptors (Lipinski definition) is 2. The van der Waals surface area contributed by atoms with Crippen LogP contribution in [0.25, 0.3) is 0 Å². The second-order valence-electron chi connectivity index (χ2n) is 5.74. The Morgan fingerprint density at radius 1 is 1.22 bits per heavy atom. The minimum atomic E-state index is -0.828. The SMILES string of the molecule is Cc1ccc(C(N(C)C)C(C)(C)C(=O)O)cc1C. The summed E-state index contributed by atoms with van der Waals surface area (Å²) in [7, 11) is 3.84. The third-order valence-electron chi connectivity index (χ3n) is 3.60. The van der Waals surface area contributed by atoms with Crippen molar-refractivity contribution in [3.8, 4) is 0 Å². The molecule has 3 heteroatoms. The monoisotopic (exact) mass is 249 g/mol. The molecule has 0 heterocycles. The summed E-state index contributed by atoms with van der Waals surface area (Å²) in [5.41, 5.74) is 2.64. The number of aryl methyl sites for hydroxylation is 2. The highest BCUT2D eigenvalue weighted by Gasteiger charge is 2.39. The highest BCUT2D eigenvalue weighted by atomic mass is 16.4. The van der Waals surface area contributed by atoms with Gasteiger partial charge in [0.15, 0.2) is 0 Å². The molecule has 1 aromatic carbocycles. The van der Waals surface area contributed by atoms with E-state index in [4.69, 9.17) is 0 Å². The summed E-state index contributed by atoms with van der Waals surface area (Å²) in [4.78, 5) is 13.4. The fraction of sp³-hybridized carbons (Fsp3) is 0.533. The average Bonchev–Trinajstić information content (AvgIpc) is 2.22. The van der Waals surface area contributed by atoms with Crippen molar-refractivity contribution in [2.45, 2.75) is 33.7 Å². The number of aliphatic carboxylic acids is 1. The summed E-state index contributed by atoms with van der Waals surface area (Å²) in [5, 5.41) is 9.42. The van der Waals surface area contributed by atoms with Gasteiger partial charge in [0.25, 0.3) is 0 Å². The van der Waals surface area contributed by atoms with Gasteiger partial charge in [0, 0.05) is 6.04 Å². The van der Waals surface area contributed by atoms with Gasteiger partial charge in [-0.25, -0.2) is 0 Å². The van der Waals surface area contributed by atoms with Crippen molar-refractivity contribution in [1.29, 1.82) is 0 Å². The van der Waals surface area contributed by atoms with Crippen LogP contribution in [-0.2, 0) is 4.79 Å². The molecule has 3 nitrogen and oxygen atoms in total. The number of carboxylic acid groups (broad SMARTS) is 1. The molecule has 0 radical (unpaired) electrons. The number of nitrogens with zero attached hydrogens (tertiary/aromatic N) is 1. The molecule has 100 valence electrons. The van der Waals surface area contributed by atoms with Crippen molar-refractivity contribution in [2.75, 3.05) is 14.1 Å². The van der Waals surface area contributed by atoms with E-state index in [9.17, 15) is 9.90 Å². The van der Waals surface area contributed by atoms with Crippen LogP contribution in [0.5, 0.6) is 0 Å². The van der Waals surface area contributed by atoms with E-state index < -0.39 is 11.4 Å². The lowest BCUT2D eigenvalue weighted by Crippen LogP contribution is -2.39. The maximum Gasteiger partial charge on any atom is 0.311 e. The Kier molecular flexibility index (Phi) is 4.17. The molecule has 0 aliphatic rings. The van der Waals surface area contributed by atoms with E-state index in [0.29, 0.717) is 0 Å². The van der Waals surface area contributed by atoms with Crippen molar-refractivity contribution in [1.82, 2.24) is 4.90 Å². The Morgan fingerprint density at radius 2 is 1.78 bits per heavy atom. The van der Waals surface area contributed by atoms with Crippen LogP contribution in [0.1, 0.15) is 36.6 Å². The maximum absolute atomic E-state index is 11.5. The Balaban J connectivity index is 3.29. The normalized spacial score (nSPS) is 13.7. The standard InChI is InChI=1S/C15H23NO2/c1-10-7-8-12(9-11(10)2)13(16(5)6)15(3,4)14(17)18/h7-9,13H,1-6H3,(H,17,18). The van der Waals surface area contributed by atoms with Gasteiger partial charge in [-0.15, -0.1) is 0 Å². The minimum absolute atomic E-state index is 0.144. The van der Waals surface area contributed by atoms with Gasteiger partial charge in [-0.1, -0.05) is 18.2 Å². The highest BCUT2D eigenvalue weighted by molar-refractivity contribution is 5.75. The summed E-state index contributed by atoms with van der Waals surface area (Å²) in [6, 6.07) is 6.02. The molecule has 0 spiro atoms. The van der Waals surface area contributed by atoms with Crippen LogP contribution in [0.15, 0.2) is 18.2 Å². The van der Waals surface area contributed by atoms with Gasteiger partial charge >= 0.3 is 5.97 Å². The first-order valence-electron chi connectivity index (χ1n) is 6.15. The van der Waals surface area contributed by atoms with Gasteiger partial charge in [-0.3, -0.25) is 4.79 Å². The van der Waals surface area contributed by atoms with Gasteiger partial charge in [0.1, 0.15) is 0 Å². The molecule has 0 aliphatic heterocycles. The van der Waals surface area contributed by atoms with Crippen LogP contribution in [0.3, 0.4) is 0 Å². The zero-order valence-corrected chi connectivity index (χ0v) is 12.1. The third kappa shape index (κ3) is 2.72. The van der Waals surface area contributed by atoms with Crippen LogP contribution in [0.2, 0.25) is 0 Å². The molecule has 1 aromatic rings. The van der Waals surface area contributed by atoms with E-state index in [2.05, 4.69) is 26.0 Å². The molecule has 1 atom stereocenters. The molecule has 0 aliphatic carbocycles. The Bertz CT molecular complexity index is 450. The van der Waals surface area contributed by atoms with Crippen molar-refractivity contribution >= 4 is 5.97 Å². The summed E-state index contributed by atoms with van der Waals surface area (Å²) < 4.78 is 0. The van der Waals surface area contributed by atoms with Crippen molar-refractivity contribution < 1.29 is 9.90 Å². The Labute approximate surface area is 109 Å². The number of carbonyl (C=O) groups is 1. The average molecular weight is 249 g/mol. The van der Waals surface area contributed by atoms with Gasteiger partial charge in [-0.2, -0.15) is 0 Å². The molecule has 0 saturated heterocycles. The van der Waals surface area contributed by atoms with Crippen LogP contribution >= 0.6 is 0 Å². The van der Waals surface area contributed by atoms with Crippen molar-refractivity contribution in [3.05, 3.63) is 34.9 Å². The number of carboxylic acids is 1. The molecule has 18 heavy (non-hydrogen) atoms. The zero-order valence-electron chi connectivity index (χ0n) is 12.1. The Morgan fingerprint density at radius 3 is 2.17 bits per heavy atom. The fourth-order valence-electron chi connectivity index (χ4n) is 2.41. The van der Waals surface area contributed by atoms with E-state index >= 15 is 0 Å². The number of hydrogen-bond donors (Lipinski definition) is 1. The van der Waals surface area contributed by atoms with E-state index in [1.165, 1.54) is 11.1 Å². The summed E-state index contributed by atoms with van der Waals surface area (Å²) in [5.74, 6) is -0.778. The van der Waals surface area contributed by atoms with E-state index in [-0.39, 0.29) is 6.04 Å². The lowest BCUT2D eigenvalue weighted by Gasteiger charge is -2.36. The van der Waals surface area contributed by atoms with Gasteiger partial charge in [0.2, 0.25) is 0 Å². The quantitative estimate of drug-likeness (QED) is 0.891. The molecule has 1 N–H and O–H groups in total. The van der Waals surface area contributed by atoms with Crippen LogP contribution in [0.4, 0.5) is 0 Å². The lowest BCUT2D eigenvalue weighted by atomic mass is 9.79. The van der Waals surface area contributed by atoms with Gasteiger partial charge in [0.05, 0.1) is 5.41 Å². The van der Waals surface area contributed by atoms with E-state index in [1.54, 1.807) is 13.8 Å². The number of rotatable bonds is 4. The molecule has 0 saturated carbocycles. The first kappa shape index (κ1) is 14.7. The molecule has 1 rings (SSSR count). The molecule has 1 unspecified atom stereocenters. The van der Waals surface area contributed by atoms with Gasteiger partial charge in [-0.05, 0) is 58.5 Å². The second kappa shape index (κ2) is 5.11. The second-order valence-corrected chi connectivity index (χ2v) is 5.74. The zero-order chi connectivity index (χ0) is 14.1. The highest BCUT2D eigenvalue weighted by Crippen LogP contribution is 2.37. The summed E-state index contributed by atoms with van der Waals surface area (Å²) >= 11 is 0. The molecular formula is C15H23NO2. The smallest absolute Gasteiger partial charge is 0.311 e. The summed E-state index contributed by atoms with van der Waals surface area (Å²) in [6.07, 6.45) is 0. The largest absolute Gasteiger partial charge is 0.481 e. The van der Waals surface area contributed by atoms with Crippen LogP contribution < -0.4 is 0 Å². The predicted octanol–water partition coefficient (Wildman–Crippen LogP) is 3.02. The first-order valence-corrected chi connectivity index (χ1v) is 6.15. The molecule has 0 amide bonds. The number of benzene rings is 1.